The van der Waals surface area contributed by atoms with Crippen molar-refractivity contribution in [1.82, 2.24) is 0 Å². The number of esters is 3. The average molecular weight is 342 g/mol. The molecule has 0 aromatic rings. The van der Waals surface area contributed by atoms with Gasteiger partial charge in [0.1, 0.15) is 37.4 Å². The normalized spacial score (nSPS) is 23.6. The van der Waals surface area contributed by atoms with Crippen molar-refractivity contribution < 1.29 is 38.1 Å². The predicted octanol–water partition coefficient (Wildman–Crippen LogP) is 0.385. The summed E-state index contributed by atoms with van der Waals surface area (Å²) >= 11 is 0. The molecule has 8 nitrogen and oxygen atoms in total. The fraction of sp³-hybridized carbons (Fsp3) is 0.688. The lowest BCUT2D eigenvalue weighted by atomic mass is 9.99. The highest BCUT2D eigenvalue weighted by Crippen LogP contribution is 2.19. The Labute approximate surface area is 140 Å². The fourth-order valence-electron chi connectivity index (χ4n) is 1.83. The van der Waals surface area contributed by atoms with Crippen molar-refractivity contribution in [3.05, 3.63) is 12.2 Å². The van der Waals surface area contributed by atoms with Gasteiger partial charge in [0.25, 0.3) is 0 Å². The fourth-order valence-corrected chi connectivity index (χ4v) is 1.83. The molecule has 2 aliphatic heterocycles. The monoisotopic (exact) mass is 342 g/mol. The van der Waals surface area contributed by atoms with Gasteiger partial charge in [-0.25, -0.2) is 4.79 Å². The minimum atomic E-state index is -0.959. The van der Waals surface area contributed by atoms with Crippen molar-refractivity contribution in [1.29, 1.82) is 0 Å². The van der Waals surface area contributed by atoms with E-state index >= 15 is 0 Å². The van der Waals surface area contributed by atoms with Gasteiger partial charge >= 0.3 is 17.9 Å². The summed E-state index contributed by atoms with van der Waals surface area (Å²) in [5.74, 6) is -2.80. The van der Waals surface area contributed by atoms with Crippen LogP contribution in [-0.2, 0) is 38.1 Å². The molecule has 0 aromatic carbocycles. The molecule has 0 aliphatic carbocycles. The second-order valence-corrected chi connectivity index (χ2v) is 5.93. The molecule has 0 aromatic heterocycles. The van der Waals surface area contributed by atoms with Crippen molar-refractivity contribution in [2.24, 2.45) is 5.92 Å². The van der Waals surface area contributed by atoms with Gasteiger partial charge in [-0.2, -0.15) is 0 Å². The molecule has 2 rings (SSSR count). The maximum atomic E-state index is 12.2. The molecule has 24 heavy (non-hydrogen) atoms. The highest BCUT2D eigenvalue weighted by atomic mass is 16.6. The Morgan fingerprint density at radius 3 is 2.17 bits per heavy atom. The van der Waals surface area contributed by atoms with Gasteiger partial charge in [-0.05, 0) is 13.8 Å². The second-order valence-electron chi connectivity index (χ2n) is 5.93. The zero-order chi connectivity index (χ0) is 17.7. The predicted molar refractivity (Wildman–Crippen MR) is 79.9 cm³/mol. The van der Waals surface area contributed by atoms with Crippen LogP contribution in [0.4, 0.5) is 0 Å². The van der Waals surface area contributed by atoms with E-state index in [-0.39, 0.29) is 37.4 Å². The van der Waals surface area contributed by atoms with E-state index in [1.54, 1.807) is 0 Å². The number of epoxide rings is 2. The molecule has 8 heteroatoms. The first-order valence-corrected chi connectivity index (χ1v) is 7.78. The smallest absolute Gasteiger partial charge is 0.333 e. The van der Waals surface area contributed by atoms with Crippen LogP contribution in [0.5, 0.6) is 0 Å². The number of hydrogen-bond acceptors (Lipinski definition) is 8. The van der Waals surface area contributed by atoms with Crippen LogP contribution in [0.15, 0.2) is 12.2 Å². The lowest BCUT2D eigenvalue weighted by Crippen LogP contribution is -2.35. The zero-order valence-electron chi connectivity index (χ0n) is 13.8. The zero-order valence-corrected chi connectivity index (χ0v) is 13.8. The summed E-state index contributed by atoms with van der Waals surface area (Å²) in [7, 11) is 0. The Hall–Kier alpha value is -1.93. The molecule has 2 heterocycles. The Balaban J connectivity index is 1.89. The molecule has 4 unspecified atom stereocenters. The molecular weight excluding hydrogens is 320 g/mol. The first-order valence-electron chi connectivity index (χ1n) is 7.78. The first kappa shape index (κ1) is 18.4. The molecule has 0 N–H and O–H groups in total. The van der Waals surface area contributed by atoms with Gasteiger partial charge in [-0.1, -0.05) is 6.58 Å². The van der Waals surface area contributed by atoms with Crippen molar-refractivity contribution in [3.8, 4) is 0 Å². The Kier molecular flexibility index (Phi) is 6.33. The third-order valence-corrected chi connectivity index (χ3v) is 3.54. The van der Waals surface area contributed by atoms with Crippen molar-refractivity contribution in [2.45, 2.75) is 38.6 Å². The van der Waals surface area contributed by atoms with Crippen LogP contribution in [0, 0.1) is 5.92 Å². The van der Waals surface area contributed by atoms with Gasteiger partial charge in [0.15, 0.2) is 0 Å². The molecular formula is C16H22O8. The van der Waals surface area contributed by atoms with Gasteiger partial charge in [0.05, 0.1) is 19.6 Å². The van der Waals surface area contributed by atoms with Crippen molar-refractivity contribution in [2.75, 3.05) is 26.4 Å². The van der Waals surface area contributed by atoms with Crippen LogP contribution in [0.2, 0.25) is 0 Å². The molecule has 0 spiro atoms. The molecule has 134 valence electrons. The quantitative estimate of drug-likeness (QED) is 0.243. The average Bonchev–Trinajstić information content (AvgIpc) is 3.42. The van der Waals surface area contributed by atoms with E-state index in [1.165, 1.54) is 13.8 Å². The van der Waals surface area contributed by atoms with E-state index < -0.39 is 29.9 Å². The van der Waals surface area contributed by atoms with Crippen LogP contribution in [0.1, 0.15) is 20.3 Å². The number of ether oxygens (including phenoxy) is 5. The van der Waals surface area contributed by atoms with Crippen LogP contribution >= 0.6 is 0 Å². The third kappa shape index (κ3) is 6.29. The van der Waals surface area contributed by atoms with Crippen molar-refractivity contribution >= 4 is 17.9 Å². The third-order valence-electron chi connectivity index (χ3n) is 3.54. The maximum absolute atomic E-state index is 12.2. The first-order chi connectivity index (χ1) is 11.4. The minimum absolute atomic E-state index is 0.0648. The number of carbonyl (C=O) groups is 3. The standard InChI is InChI=1S/C16H22O8/c1-9(2)15(18)24-10(3)13(16(19)23-8-12-6-21-12)4-14(17)22-7-11-5-20-11/h10-13H,1,4-8H2,2-3H3. The van der Waals surface area contributed by atoms with E-state index in [2.05, 4.69) is 6.58 Å². The lowest BCUT2D eigenvalue weighted by molar-refractivity contribution is -0.164. The molecule has 2 aliphatic rings. The lowest BCUT2D eigenvalue weighted by Gasteiger charge is -2.22. The Morgan fingerprint density at radius 1 is 1.12 bits per heavy atom. The number of rotatable bonds is 10. The topological polar surface area (TPSA) is 104 Å². The molecule has 0 saturated carbocycles. The van der Waals surface area contributed by atoms with Crippen LogP contribution in [-0.4, -0.2) is 62.6 Å². The number of hydrogen-bond donors (Lipinski definition) is 0. The van der Waals surface area contributed by atoms with E-state index in [1.807, 2.05) is 0 Å². The highest BCUT2D eigenvalue weighted by molar-refractivity contribution is 5.87. The Bertz CT molecular complexity index is 506. The Morgan fingerprint density at radius 2 is 1.67 bits per heavy atom. The van der Waals surface area contributed by atoms with Crippen molar-refractivity contribution in [3.63, 3.8) is 0 Å². The van der Waals surface area contributed by atoms with Crippen LogP contribution < -0.4 is 0 Å². The maximum Gasteiger partial charge on any atom is 0.333 e. The summed E-state index contributed by atoms with van der Waals surface area (Å²) in [6.45, 7) is 7.87. The van der Waals surface area contributed by atoms with E-state index in [0.29, 0.717) is 13.2 Å². The largest absolute Gasteiger partial charge is 0.463 e. The summed E-state index contributed by atoms with van der Waals surface area (Å²) in [5.41, 5.74) is 0.203. The molecule has 0 radical (unpaired) electrons. The summed E-state index contributed by atoms with van der Waals surface area (Å²) < 4.78 is 25.2. The SMILES string of the molecule is C=C(C)C(=O)OC(C)C(CC(=O)OCC1CO1)C(=O)OCC1CO1. The van der Waals surface area contributed by atoms with Gasteiger partial charge < -0.3 is 23.7 Å². The molecule has 4 atom stereocenters. The van der Waals surface area contributed by atoms with E-state index in [9.17, 15) is 14.4 Å². The van der Waals surface area contributed by atoms with Gasteiger partial charge in [-0.15, -0.1) is 0 Å². The minimum Gasteiger partial charge on any atom is -0.463 e. The summed E-state index contributed by atoms with van der Waals surface area (Å²) in [6.07, 6.45) is -1.26. The summed E-state index contributed by atoms with van der Waals surface area (Å²) in [5, 5.41) is 0. The summed E-state index contributed by atoms with van der Waals surface area (Å²) in [4.78, 5) is 35.8. The van der Waals surface area contributed by atoms with E-state index in [0.717, 1.165) is 0 Å². The van der Waals surface area contributed by atoms with Crippen LogP contribution in [0.3, 0.4) is 0 Å². The van der Waals surface area contributed by atoms with Gasteiger partial charge in [-0.3, -0.25) is 9.59 Å². The number of carbonyl (C=O) groups excluding carboxylic acids is 3. The molecule has 2 fully saturated rings. The second kappa shape index (κ2) is 8.25. The van der Waals surface area contributed by atoms with Crippen LogP contribution in [0.25, 0.3) is 0 Å². The van der Waals surface area contributed by atoms with Gasteiger partial charge in [0, 0.05) is 5.57 Å². The van der Waals surface area contributed by atoms with Gasteiger partial charge in [0.2, 0.25) is 0 Å². The van der Waals surface area contributed by atoms with E-state index in [4.69, 9.17) is 23.7 Å². The molecule has 0 bridgehead atoms. The highest BCUT2D eigenvalue weighted by Gasteiger charge is 2.35. The summed E-state index contributed by atoms with van der Waals surface area (Å²) in [6, 6.07) is 0. The molecule has 0 amide bonds. The molecule has 2 saturated heterocycles.